The number of ether oxygens (including phenoxy) is 1. The van der Waals surface area contributed by atoms with Crippen LogP contribution in [-0.4, -0.2) is 41.9 Å². The molecule has 0 aromatic carbocycles. The molecule has 0 radical (unpaired) electrons. The lowest BCUT2D eigenvalue weighted by atomic mass is 9.80. The minimum absolute atomic E-state index is 0.256. The molecule has 1 rings (SSSR count). The maximum Gasteiger partial charge on any atom is 0.222 e. The zero-order valence-electron chi connectivity index (χ0n) is 10.4. The zero-order valence-corrected chi connectivity index (χ0v) is 12.0. The third-order valence-corrected chi connectivity index (χ3v) is 3.30. The third-order valence-electron chi connectivity index (χ3n) is 3.01. The Kier molecular flexibility index (Phi) is 5.76. The van der Waals surface area contributed by atoms with Crippen LogP contribution in [0.3, 0.4) is 0 Å². The molecule has 0 bridgehead atoms. The van der Waals surface area contributed by atoms with Crippen LogP contribution in [0.4, 0.5) is 0 Å². The predicted molar refractivity (Wildman–Crippen MR) is 68.8 cm³/mol. The summed E-state index contributed by atoms with van der Waals surface area (Å²) in [6.45, 7) is 5.63. The van der Waals surface area contributed by atoms with Crippen molar-refractivity contribution in [1.82, 2.24) is 4.90 Å². The molecule has 0 aromatic heterocycles. The van der Waals surface area contributed by atoms with E-state index in [1.54, 1.807) is 0 Å². The van der Waals surface area contributed by atoms with Crippen LogP contribution in [0.15, 0.2) is 0 Å². The molecule has 1 atom stereocenters. The van der Waals surface area contributed by atoms with Gasteiger partial charge in [0.25, 0.3) is 0 Å². The number of rotatable bonds is 6. The van der Waals surface area contributed by atoms with Crippen LogP contribution >= 0.6 is 15.9 Å². The Labute approximate surface area is 107 Å². The number of hydrogen-bond acceptors (Lipinski definition) is 2. The van der Waals surface area contributed by atoms with E-state index in [1.165, 1.54) is 0 Å². The van der Waals surface area contributed by atoms with Gasteiger partial charge in [0.2, 0.25) is 5.91 Å². The van der Waals surface area contributed by atoms with E-state index in [2.05, 4.69) is 22.9 Å². The van der Waals surface area contributed by atoms with Crippen LogP contribution < -0.4 is 0 Å². The largest absolute Gasteiger partial charge is 0.378 e. The van der Waals surface area contributed by atoms with E-state index in [0.29, 0.717) is 23.3 Å². The van der Waals surface area contributed by atoms with Crippen LogP contribution in [0.25, 0.3) is 0 Å². The van der Waals surface area contributed by atoms with Gasteiger partial charge in [0.15, 0.2) is 0 Å². The minimum atomic E-state index is 0.256. The van der Waals surface area contributed by atoms with E-state index in [9.17, 15) is 4.79 Å². The Balaban J connectivity index is 2.16. The van der Waals surface area contributed by atoms with E-state index >= 15 is 0 Å². The van der Waals surface area contributed by atoms with Crippen molar-refractivity contribution in [3.8, 4) is 0 Å². The van der Waals surface area contributed by atoms with Gasteiger partial charge < -0.3 is 9.64 Å². The number of carbonyl (C=O) groups is 1. The lowest BCUT2D eigenvalue weighted by Gasteiger charge is -2.35. The van der Waals surface area contributed by atoms with Gasteiger partial charge in [-0.3, -0.25) is 4.79 Å². The fraction of sp³-hybridized carbons (Fsp3) is 0.917. The van der Waals surface area contributed by atoms with E-state index < -0.39 is 0 Å². The topological polar surface area (TPSA) is 29.5 Å². The maximum absolute atomic E-state index is 11.8. The maximum atomic E-state index is 11.8. The summed E-state index contributed by atoms with van der Waals surface area (Å²) in [6, 6.07) is 0. The summed E-state index contributed by atoms with van der Waals surface area (Å²) in [5, 5.41) is 0. The van der Waals surface area contributed by atoms with Crippen molar-refractivity contribution in [3.63, 3.8) is 0 Å². The molecule has 1 saturated carbocycles. The third kappa shape index (κ3) is 4.42. The first-order valence-electron chi connectivity index (χ1n) is 6.02. The van der Waals surface area contributed by atoms with Gasteiger partial charge in [-0.15, -0.1) is 0 Å². The molecule has 1 aliphatic rings. The van der Waals surface area contributed by atoms with Gasteiger partial charge in [-0.25, -0.2) is 0 Å². The molecule has 1 fully saturated rings. The van der Waals surface area contributed by atoms with Crippen molar-refractivity contribution < 1.29 is 9.53 Å². The summed E-state index contributed by atoms with van der Waals surface area (Å²) in [4.78, 5) is 14.0. The molecule has 4 heteroatoms. The summed E-state index contributed by atoms with van der Waals surface area (Å²) in [5.41, 5.74) is 0. The second-order valence-corrected chi connectivity index (χ2v) is 6.24. The molecule has 3 nitrogen and oxygen atoms in total. The Morgan fingerprint density at radius 2 is 2.19 bits per heavy atom. The summed E-state index contributed by atoms with van der Waals surface area (Å²) in [6.07, 6.45) is 3.19. The minimum Gasteiger partial charge on any atom is -0.378 e. The average Bonchev–Trinajstić information content (AvgIpc) is 2.13. The number of halogens is 1. The van der Waals surface area contributed by atoms with Gasteiger partial charge in [-0.1, -0.05) is 22.9 Å². The molecule has 0 N–H and O–H groups in total. The van der Waals surface area contributed by atoms with Gasteiger partial charge in [0.1, 0.15) is 0 Å². The molecule has 94 valence electrons. The van der Waals surface area contributed by atoms with Crippen LogP contribution in [0.1, 0.15) is 33.1 Å². The molecular weight excluding hydrogens is 270 g/mol. The molecule has 0 saturated heterocycles. The van der Waals surface area contributed by atoms with Crippen LogP contribution in [0, 0.1) is 5.92 Å². The van der Waals surface area contributed by atoms with Crippen LogP contribution in [0.2, 0.25) is 0 Å². The summed E-state index contributed by atoms with van der Waals surface area (Å²) < 4.78 is 5.48. The first kappa shape index (κ1) is 14.0. The Hall–Kier alpha value is -0.0900. The quantitative estimate of drug-likeness (QED) is 0.704. The van der Waals surface area contributed by atoms with Gasteiger partial charge >= 0.3 is 0 Å². The summed E-state index contributed by atoms with van der Waals surface area (Å²) >= 11 is 3.46. The molecule has 1 aliphatic carbocycles. The second-order valence-electron chi connectivity index (χ2n) is 4.67. The molecule has 0 heterocycles. The number of amides is 1. The molecule has 1 unspecified atom stereocenters. The number of nitrogens with zero attached hydrogens (tertiary/aromatic N) is 1. The van der Waals surface area contributed by atoms with Crippen molar-refractivity contribution in [1.29, 1.82) is 0 Å². The van der Waals surface area contributed by atoms with Gasteiger partial charge in [-0.05, 0) is 25.7 Å². The fourth-order valence-corrected chi connectivity index (χ4v) is 2.53. The van der Waals surface area contributed by atoms with Crippen LogP contribution in [-0.2, 0) is 9.53 Å². The average molecular weight is 292 g/mol. The van der Waals surface area contributed by atoms with Crippen molar-refractivity contribution >= 4 is 21.8 Å². The Morgan fingerprint density at radius 1 is 1.56 bits per heavy atom. The highest BCUT2D eigenvalue weighted by Crippen LogP contribution is 2.33. The highest BCUT2D eigenvalue weighted by Gasteiger charge is 2.31. The highest BCUT2D eigenvalue weighted by atomic mass is 79.9. The van der Waals surface area contributed by atoms with Gasteiger partial charge in [-0.2, -0.15) is 0 Å². The lowest BCUT2D eigenvalue weighted by molar-refractivity contribution is -0.133. The Morgan fingerprint density at radius 3 is 2.69 bits per heavy atom. The van der Waals surface area contributed by atoms with E-state index in [0.717, 1.165) is 26.0 Å². The fourth-order valence-electron chi connectivity index (χ4n) is 2.09. The summed E-state index contributed by atoms with van der Waals surface area (Å²) in [5.74, 6) is 0.795. The molecule has 0 spiro atoms. The molecular formula is C12H22BrNO2. The smallest absolute Gasteiger partial charge is 0.222 e. The second kappa shape index (κ2) is 6.60. The van der Waals surface area contributed by atoms with E-state index in [1.807, 2.05) is 18.9 Å². The van der Waals surface area contributed by atoms with Gasteiger partial charge in [0.05, 0.1) is 6.10 Å². The van der Waals surface area contributed by atoms with Crippen molar-refractivity contribution in [2.24, 2.45) is 5.92 Å². The number of carbonyl (C=O) groups excluding carboxylic acids is 1. The Bertz CT molecular complexity index is 227. The number of alkyl halides is 1. The van der Waals surface area contributed by atoms with Crippen molar-refractivity contribution in [2.45, 2.75) is 44.0 Å². The first-order chi connectivity index (χ1) is 7.52. The number of hydrogen-bond donors (Lipinski definition) is 0. The van der Waals surface area contributed by atoms with Gasteiger partial charge in [0, 0.05) is 31.4 Å². The molecule has 0 aromatic rings. The molecule has 16 heavy (non-hydrogen) atoms. The molecule has 1 amide bonds. The monoisotopic (exact) mass is 291 g/mol. The van der Waals surface area contributed by atoms with Crippen molar-refractivity contribution in [2.75, 3.05) is 20.2 Å². The molecule has 0 aliphatic heterocycles. The normalized spacial score (nSPS) is 26.0. The summed E-state index contributed by atoms with van der Waals surface area (Å²) in [7, 11) is 1.87. The predicted octanol–water partition coefficient (Wildman–Crippen LogP) is 2.43. The highest BCUT2D eigenvalue weighted by molar-refractivity contribution is 9.09. The lowest BCUT2D eigenvalue weighted by Crippen LogP contribution is -2.37. The van der Waals surface area contributed by atoms with Crippen LogP contribution in [0.5, 0.6) is 0 Å². The first-order valence-corrected chi connectivity index (χ1v) is 6.94. The van der Waals surface area contributed by atoms with E-state index in [-0.39, 0.29) is 5.91 Å². The van der Waals surface area contributed by atoms with Crippen molar-refractivity contribution in [3.05, 3.63) is 0 Å². The zero-order chi connectivity index (χ0) is 12.1. The SMILES string of the molecule is CCOC1CC(CC(=O)N(C)CC(C)Br)C1. The standard InChI is InChI=1S/C12H22BrNO2/c1-4-16-11-5-10(6-11)7-12(15)14(3)8-9(2)13/h9-11H,4-8H2,1-3H3. The van der Waals surface area contributed by atoms with E-state index in [4.69, 9.17) is 4.74 Å².